The molecule has 0 heterocycles. The van der Waals surface area contributed by atoms with E-state index in [2.05, 4.69) is 15.9 Å². The first-order chi connectivity index (χ1) is 8.22. The van der Waals surface area contributed by atoms with E-state index in [4.69, 9.17) is 0 Å². The number of benzene rings is 2. The Balaban J connectivity index is 2.12. The van der Waals surface area contributed by atoms with E-state index in [9.17, 15) is 4.79 Å². The average molecular weight is 287 g/mol. The summed E-state index contributed by atoms with van der Waals surface area (Å²) >= 11 is 3.65. The maximum absolute atomic E-state index is 12.5. The Kier molecular flexibility index (Phi) is 2.40. The number of ketones is 1. The standard InChI is InChI=1S/C15H11BrO/c16-15(12-7-2-1-3-8-12)10-11-6-4-5-9-13(11)14(15)17/h1-9H,10H2. The van der Waals surface area contributed by atoms with E-state index in [0.29, 0.717) is 0 Å². The molecule has 17 heavy (non-hydrogen) atoms. The zero-order chi connectivity index (χ0) is 11.9. The van der Waals surface area contributed by atoms with Crippen LogP contribution >= 0.6 is 15.9 Å². The lowest BCUT2D eigenvalue weighted by molar-refractivity contribution is 0.0960. The molecule has 0 saturated carbocycles. The lowest BCUT2D eigenvalue weighted by atomic mass is 9.95. The van der Waals surface area contributed by atoms with Crippen molar-refractivity contribution in [2.45, 2.75) is 10.7 Å². The average Bonchev–Trinajstić information content (AvgIpc) is 2.65. The lowest BCUT2D eigenvalue weighted by Gasteiger charge is -2.20. The molecule has 0 radical (unpaired) electrons. The highest BCUT2D eigenvalue weighted by Gasteiger charge is 2.44. The molecule has 1 nitrogen and oxygen atoms in total. The predicted octanol–water partition coefficient (Wildman–Crippen LogP) is 3.72. The smallest absolute Gasteiger partial charge is 0.184 e. The second kappa shape index (κ2) is 3.81. The van der Waals surface area contributed by atoms with Crippen LogP contribution in [0.25, 0.3) is 0 Å². The van der Waals surface area contributed by atoms with Crippen molar-refractivity contribution in [2.24, 2.45) is 0 Å². The largest absolute Gasteiger partial charge is 0.292 e. The number of carbonyl (C=O) groups excluding carboxylic acids is 1. The van der Waals surface area contributed by atoms with Crippen LogP contribution < -0.4 is 0 Å². The molecule has 1 atom stereocenters. The van der Waals surface area contributed by atoms with Crippen molar-refractivity contribution in [3.63, 3.8) is 0 Å². The molecule has 1 aliphatic rings. The van der Waals surface area contributed by atoms with Gasteiger partial charge in [-0.15, -0.1) is 0 Å². The van der Waals surface area contributed by atoms with Gasteiger partial charge in [-0.05, 0) is 17.5 Å². The van der Waals surface area contributed by atoms with Crippen molar-refractivity contribution >= 4 is 21.7 Å². The molecule has 0 bridgehead atoms. The Labute approximate surface area is 109 Å². The molecule has 0 amide bonds. The van der Waals surface area contributed by atoms with Crippen molar-refractivity contribution in [1.82, 2.24) is 0 Å². The Hall–Kier alpha value is -1.41. The van der Waals surface area contributed by atoms with Gasteiger partial charge in [-0.25, -0.2) is 0 Å². The van der Waals surface area contributed by atoms with Crippen molar-refractivity contribution in [1.29, 1.82) is 0 Å². The van der Waals surface area contributed by atoms with E-state index in [0.717, 1.165) is 23.1 Å². The maximum Gasteiger partial charge on any atom is 0.184 e. The summed E-state index contributed by atoms with van der Waals surface area (Å²) in [6.07, 6.45) is 0.728. The minimum Gasteiger partial charge on any atom is -0.292 e. The van der Waals surface area contributed by atoms with Crippen LogP contribution in [0.4, 0.5) is 0 Å². The van der Waals surface area contributed by atoms with Gasteiger partial charge in [-0.3, -0.25) is 4.79 Å². The molecule has 2 heteroatoms. The van der Waals surface area contributed by atoms with Gasteiger partial charge in [0.05, 0.1) is 0 Å². The van der Waals surface area contributed by atoms with Crippen LogP contribution in [-0.2, 0) is 10.7 Å². The first-order valence-corrected chi connectivity index (χ1v) is 6.38. The summed E-state index contributed by atoms with van der Waals surface area (Å²) in [4.78, 5) is 12.5. The molecular formula is C15H11BrO. The third kappa shape index (κ3) is 1.55. The maximum atomic E-state index is 12.5. The van der Waals surface area contributed by atoms with E-state index in [1.807, 2.05) is 54.6 Å². The van der Waals surface area contributed by atoms with Gasteiger partial charge in [-0.2, -0.15) is 0 Å². The van der Waals surface area contributed by atoms with Gasteiger partial charge in [0.1, 0.15) is 4.32 Å². The molecule has 0 N–H and O–H groups in total. The van der Waals surface area contributed by atoms with Gasteiger partial charge in [0.15, 0.2) is 5.78 Å². The molecule has 2 aromatic rings. The van der Waals surface area contributed by atoms with E-state index in [1.54, 1.807) is 0 Å². The Morgan fingerprint density at radius 1 is 0.941 bits per heavy atom. The van der Waals surface area contributed by atoms with Gasteiger partial charge in [-0.1, -0.05) is 70.5 Å². The fourth-order valence-corrected chi connectivity index (χ4v) is 3.17. The van der Waals surface area contributed by atoms with Crippen LogP contribution in [0.2, 0.25) is 0 Å². The first kappa shape index (κ1) is 10.7. The van der Waals surface area contributed by atoms with Crippen molar-refractivity contribution in [3.05, 3.63) is 71.3 Å². The molecule has 0 saturated heterocycles. The van der Waals surface area contributed by atoms with Crippen molar-refractivity contribution in [3.8, 4) is 0 Å². The van der Waals surface area contributed by atoms with Gasteiger partial charge in [0, 0.05) is 5.56 Å². The second-order valence-electron chi connectivity index (χ2n) is 4.33. The number of fused-ring (bicyclic) bond motifs is 1. The van der Waals surface area contributed by atoms with Crippen molar-refractivity contribution < 1.29 is 4.79 Å². The number of alkyl halides is 1. The van der Waals surface area contributed by atoms with Crippen LogP contribution in [-0.4, -0.2) is 5.78 Å². The summed E-state index contributed by atoms with van der Waals surface area (Å²) < 4.78 is -0.571. The number of hydrogen-bond donors (Lipinski definition) is 0. The Morgan fingerprint density at radius 2 is 1.59 bits per heavy atom. The Bertz CT molecular complexity index is 576. The molecule has 0 spiro atoms. The number of hydrogen-bond acceptors (Lipinski definition) is 1. The quantitative estimate of drug-likeness (QED) is 0.731. The fraction of sp³-hybridized carbons (Fsp3) is 0.133. The SMILES string of the molecule is O=C1c2ccccc2CC1(Br)c1ccccc1. The molecule has 0 aliphatic heterocycles. The van der Waals surface area contributed by atoms with Gasteiger partial charge < -0.3 is 0 Å². The summed E-state index contributed by atoms with van der Waals surface area (Å²) in [5.41, 5.74) is 2.99. The third-order valence-corrected chi connectivity index (χ3v) is 4.39. The fourth-order valence-electron chi connectivity index (χ4n) is 2.39. The minimum absolute atomic E-state index is 0.166. The number of carbonyl (C=O) groups is 1. The highest BCUT2D eigenvalue weighted by molar-refractivity contribution is 9.10. The van der Waals surface area contributed by atoms with E-state index >= 15 is 0 Å². The third-order valence-electron chi connectivity index (χ3n) is 3.29. The number of rotatable bonds is 1. The van der Waals surface area contributed by atoms with E-state index in [-0.39, 0.29) is 5.78 Å². The molecule has 3 rings (SSSR count). The summed E-state index contributed by atoms with van der Waals surface area (Å²) in [6, 6.07) is 17.7. The van der Waals surface area contributed by atoms with Gasteiger partial charge in [0.2, 0.25) is 0 Å². The Morgan fingerprint density at radius 3 is 2.29 bits per heavy atom. The molecule has 1 aliphatic carbocycles. The molecule has 1 unspecified atom stereocenters. The first-order valence-electron chi connectivity index (χ1n) is 5.59. The summed E-state index contributed by atoms with van der Waals surface area (Å²) in [5, 5.41) is 0. The van der Waals surface area contributed by atoms with Crippen LogP contribution in [0.3, 0.4) is 0 Å². The summed E-state index contributed by atoms with van der Waals surface area (Å²) in [7, 11) is 0. The van der Waals surface area contributed by atoms with Crippen LogP contribution in [0.1, 0.15) is 21.5 Å². The number of Topliss-reactive ketones (excluding diaryl/α,β-unsaturated/α-hetero) is 1. The predicted molar refractivity (Wildman–Crippen MR) is 71.5 cm³/mol. The van der Waals surface area contributed by atoms with Gasteiger partial charge >= 0.3 is 0 Å². The highest BCUT2D eigenvalue weighted by atomic mass is 79.9. The zero-order valence-corrected chi connectivity index (χ0v) is 10.8. The molecular weight excluding hydrogens is 276 g/mol. The zero-order valence-electron chi connectivity index (χ0n) is 9.19. The van der Waals surface area contributed by atoms with Crippen molar-refractivity contribution in [2.75, 3.05) is 0 Å². The van der Waals surface area contributed by atoms with Crippen LogP contribution in [0.15, 0.2) is 54.6 Å². The van der Waals surface area contributed by atoms with E-state index in [1.165, 1.54) is 0 Å². The topological polar surface area (TPSA) is 17.1 Å². The minimum atomic E-state index is -0.571. The molecule has 0 fully saturated rings. The summed E-state index contributed by atoms with van der Waals surface area (Å²) in [5.74, 6) is 0.166. The highest BCUT2D eigenvalue weighted by Crippen LogP contribution is 2.44. The molecule has 2 aromatic carbocycles. The summed E-state index contributed by atoms with van der Waals surface area (Å²) in [6.45, 7) is 0. The number of halogens is 1. The van der Waals surface area contributed by atoms with Crippen LogP contribution in [0.5, 0.6) is 0 Å². The monoisotopic (exact) mass is 286 g/mol. The van der Waals surface area contributed by atoms with Crippen LogP contribution in [0, 0.1) is 0 Å². The van der Waals surface area contributed by atoms with E-state index < -0.39 is 4.32 Å². The molecule has 0 aromatic heterocycles. The second-order valence-corrected chi connectivity index (χ2v) is 5.68. The molecule has 84 valence electrons. The lowest BCUT2D eigenvalue weighted by Crippen LogP contribution is -2.25. The van der Waals surface area contributed by atoms with Gasteiger partial charge in [0.25, 0.3) is 0 Å². The normalized spacial score (nSPS) is 22.5.